The summed E-state index contributed by atoms with van der Waals surface area (Å²) >= 11 is 6.65. The number of piperidine rings is 1. The summed E-state index contributed by atoms with van der Waals surface area (Å²) in [5.41, 5.74) is 1.16. The zero-order valence-electron chi connectivity index (χ0n) is 13.9. The lowest BCUT2D eigenvalue weighted by Gasteiger charge is -2.25. The molecular weight excluding hydrogens is 484 g/mol. The smallest absolute Gasteiger partial charge is 0.243 e. The summed E-state index contributed by atoms with van der Waals surface area (Å²) in [7, 11) is -3.43. The molecule has 1 aliphatic heterocycles. The molecule has 3 rings (SSSR count). The van der Waals surface area contributed by atoms with Crippen LogP contribution in [0.25, 0.3) is 0 Å². The van der Waals surface area contributed by atoms with Gasteiger partial charge in [-0.05, 0) is 65.2 Å². The molecule has 1 aliphatic rings. The molecule has 5 nitrogen and oxygen atoms in total. The summed E-state index contributed by atoms with van der Waals surface area (Å²) in [5, 5.41) is 10.1. The number of aromatic hydroxyl groups is 1. The van der Waals surface area contributed by atoms with Gasteiger partial charge in [0.15, 0.2) is 0 Å². The van der Waals surface area contributed by atoms with Crippen LogP contribution in [0.15, 0.2) is 55.2 Å². The zero-order valence-corrected chi connectivity index (χ0v) is 17.9. The van der Waals surface area contributed by atoms with E-state index in [0.717, 1.165) is 23.7 Å². The van der Waals surface area contributed by atoms with Crippen LogP contribution in [0, 0.1) is 0 Å². The van der Waals surface area contributed by atoms with Gasteiger partial charge >= 0.3 is 0 Å². The van der Waals surface area contributed by atoms with Crippen molar-refractivity contribution in [3.63, 3.8) is 0 Å². The lowest BCUT2D eigenvalue weighted by Crippen LogP contribution is -2.35. The zero-order chi connectivity index (χ0) is 18.7. The Kier molecular flexibility index (Phi) is 6.17. The van der Waals surface area contributed by atoms with E-state index in [2.05, 4.69) is 36.9 Å². The number of sulfonamides is 1. The molecule has 1 heterocycles. The van der Waals surface area contributed by atoms with Crippen molar-refractivity contribution in [1.82, 2.24) is 4.31 Å². The molecule has 0 aliphatic carbocycles. The van der Waals surface area contributed by atoms with Gasteiger partial charge in [0.05, 0.1) is 15.1 Å². The summed E-state index contributed by atoms with van der Waals surface area (Å²) in [6.45, 7) is 1.17. The van der Waals surface area contributed by atoms with E-state index in [9.17, 15) is 13.5 Å². The van der Waals surface area contributed by atoms with Gasteiger partial charge in [-0.1, -0.05) is 22.4 Å². The first-order chi connectivity index (χ1) is 12.4. The van der Waals surface area contributed by atoms with Crippen LogP contribution in [-0.4, -0.2) is 37.1 Å². The molecule has 0 bridgehead atoms. The molecule has 0 aromatic heterocycles. The van der Waals surface area contributed by atoms with Crippen LogP contribution in [0.2, 0.25) is 0 Å². The van der Waals surface area contributed by atoms with Crippen LogP contribution in [0.3, 0.4) is 0 Å². The summed E-state index contributed by atoms with van der Waals surface area (Å²) < 4.78 is 28.2. The van der Waals surface area contributed by atoms with Crippen LogP contribution in [0.1, 0.15) is 24.8 Å². The van der Waals surface area contributed by atoms with E-state index in [1.165, 1.54) is 0 Å². The van der Waals surface area contributed by atoms with E-state index in [4.69, 9.17) is 0 Å². The maximum absolute atomic E-state index is 12.6. The predicted molar refractivity (Wildman–Crippen MR) is 110 cm³/mol. The molecule has 8 heteroatoms. The molecule has 0 spiro atoms. The van der Waals surface area contributed by atoms with Gasteiger partial charge in [-0.25, -0.2) is 8.42 Å². The summed E-state index contributed by atoms with van der Waals surface area (Å²) in [5.74, 6) is 0.0984. The van der Waals surface area contributed by atoms with Gasteiger partial charge in [0, 0.05) is 29.3 Å². The van der Waals surface area contributed by atoms with Crippen LogP contribution in [-0.2, 0) is 10.0 Å². The van der Waals surface area contributed by atoms with Crippen molar-refractivity contribution >= 4 is 53.8 Å². The van der Waals surface area contributed by atoms with Gasteiger partial charge in [-0.2, -0.15) is 4.31 Å². The molecule has 2 aromatic rings. The third-order valence-corrected chi connectivity index (χ3v) is 7.18. The molecule has 1 saturated heterocycles. The third-order valence-electron chi connectivity index (χ3n) is 4.20. The van der Waals surface area contributed by atoms with Crippen molar-refractivity contribution in [3.8, 4) is 5.75 Å². The second-order valence-corrected chi connectivity index (χ2v) is 9.75. The number of nitrogens with zero attached hydrogens (tertiary/aromatic N) is 2. The SMILES string of the molecule is O=S(=O)(c1ccc(N=Cc2cc(Br)cc(Br)c2O)cc1)N1CCCCC1. The van der Waals surface area contributed by atoms with Crippen LogP contribution in [0.5, 0.6) is 5.75 Å². The van der Waals surface area contributed by atoms with Crippen molar-refractivity contribution in [2.24, 2.45) is 4.99 Å². The fourth-order valence-electron chi connectivity index (χ4n) is 2.79. The van der Waals surface area contributed by atoms with E-state index < -0.39 is 10.0 Å². The molecule has 1 N–H and O–H groups in total. The minimum absolute atomic E-state index is 0.0984. The molecule has 2 aromatic carbocycles. The maximum atomic E-state index is 12.6. The van der Waals surface area contributed by atoms with Gasteiger partial charge < -0.3 is 5.11 Å². The Bertz CT molecular complexity index is 922. The van der Waals surface area contributed by atoms with Gasteiger partial charge in [0.25, 0.3) is 0 Å². The number of phenolic OH excluding ortho intramolecular Hbond substituents is 1. The van der Waals surface area contributed by atoms with Gasteiger partial charge in [0.1, 0.15) is 5.75 Å². The van der Waals surface area contributed by atoms with Crippen molar-refractivity contribution in [1.29, 1.82) is 0 Å². The van der Waals surface area contributed by atoms with Crippen LogP contribution < -0.4 is 0 Å². The predicted octanol–water partition coefficient (Wildman–Crippen LogP) is 4.84. The lowest BCUT2D eigenvalue weighted by molar-refractivity contribution is 0.346. The average Bonchev–Trinajstić information content (AvgIpc) is 2.64. The van der Waals surface area contributed by atoms with Gasteiger partial charge in [-0.15, -0.1) is 0 Å². The highest BCUT2D eigenvalue weighted by Crippen LogP contribution is 2.31. The minimum Gasteiger partial charge on any atom is -0.506 e. The molecular formula is C18H18Br2N2O3S. The number of phenols is 1. The summed E-state index contributed by atoms with van der Waals surface area (Å²) in [6.07, 6.45) is 4.44. The quantitative estimate of drug-likeness (QED) is 0.609. The number of benzene rings is 2. The van der Waals surface area contributed by atoms with E-state index in [-0.39, 0.29) is 10.6 Å². The second kappa shape index (κ2) is 8.21. The Balaban J connectivity index is 1.80. The molecule has 0 unspecified atom stereocenters. The molecule has 0 saturated carbocycles. The lowest BCUT2D eigenvalue weighted by atomic mass is 10.2. The normalized spacial score (nSPS) is 16.2. The first-order valence-corrected chi connectivity index (χ1v) is 11.2. The average molecular weight is 502 g/mol. The Hall–Kier alpha value is -1.22. The van der Waals surface area contributed by atoms with E-state index in [1.807, 2.05) is 0 Å². The molecule has 0 atom stereocenters. The highest BCUT2D eigenvalue weighted by molar-refractivity contribution is 9.11. The van der Waals surface area contributed by atoms with Crippen molar-refractivity contribution < 1.29 is 13.5 Å². The van der Waals surface area contributed by atoms with Crippen molar-refractivity contribution in [2.75, 3.05) is 13.1 Å². The number of hydrogen-bond acceptors (Lipinski definition) is 4. The van der Waals surface area contributed by atoms with Crippen LogP contribution in [0.4, 0.5) is 5.69 Å². The van der Waals surface area contributed by atoms with Gasteiger partial charge in [0.2, 0.25) is 10.0 Å². The molecule has 1 fully saturated rings. The number of aliphatic imine (C=N–C) groups is 1. The van der Waals surface area contributed by atoms with E-state index in [0.29, 0.717) is 28.8 Å². The number of halogens is 2. The Morgan fingerprint density at radius 3 is 2.35 bits per heavy atom. The first-order valence-electron chi connectivity index (χ1n) is 8.20. The topological polar surface area (TPSA) is 70.0 Å². The third kappa shape index (κ3) is 4.36. The fourth-order valence-corrected chi connectivity index (χ4v) is 5.56. The first kappa shape index (κ1) is 19.5. The van der Waals surface area contributed by atoms with Gasteiger partial charge in [-0.3, -0.25) is 4.99 Å². The number of rotatable bonds is 4. The van der Waals surface area contributed by atoms with E-state index in [1.54, 1.807) is 46.9 Å². The summed E-state index contributed by atoms with van der Waals surface area (Å²) in [4.78, 5) is 4.60. The van der Waals surface area contributed by atoms with Crippen molar-refractivity contribution in [3.05, 3.63) is 50.9 Å². The van der Waals surface area contributed by atoms with E-state index >= 15 is 0 Å². The maximum Gasteiger partial charge on any atom is 0.243 e. The Morgan fingerprint density at radius 2 is 1.69 bits per heavy atom. The Morgan fingerprint density at radius 1 is 1.04 bits per heavy atom. The highest BCUT2D eigenvalue weighted by Gasteiger charge is 2.25. The summed E-state index contributed by atoms with van der Waals surface area (Å²) in [6, 6.07) is 9.97. The largest absolute Gasteiger partial charge is 0.506 e. The molecule has 138 valence electrons. The van der Waals surface area contributed by atoms with Crippen molar-refractivity contribution in [2.45, 2.75) is 24.2 Å². The monoisotopic (exact) mass is 500 g/mol. The molecule has 26 heavy (non-hydrogen) atoms. The van der Waals surface area contributed by atoms with Crippen LogP contribution >= 0.6 is 31.9 Å². The standard InChI is InChI=1S/C18H18Br2N2O3S/c19-14-10-13(18(23)17(20)11-14)12-21-15-4-6-16(7-5-15)26(24,25)22-8-2-1-3-9-22/h4-7,10-12,23H,1-3,8-9H2. The fraction of sp³-hybridized carbons (Fsp3) is 0.278. The minimum atomic E-state index is -3.43. The molecule has 0 radical (unpaired) electrons. The second-order valence-electron chi connectivity index (χ2n) is 6.04. The number of hydrogen-bond donors (Lipinski definition) is 1. The Labute approximate surface area is 170 Å². The molecule has 0 amide bonds. The highest BCUT2D eigenvalue weighted by atomic mass is 79.9.